The van der Waals surface area contributed by atoms with E-state index in [0.29, 0.717) is 12.1 Å². The molecule has 1 aromatic carbocycles. The summed E-state index contributed by atoms with van der Waals surface area (Å²) >= 11 is 0.765. The molecule has 2 heterocycles. The van der Waals surface area contributed by atoms with Crippen molar-refractivity contribution in [2.24, 2.45) is 0 Å². The van der Waals surface area contributed by atoms with Gasteiger partial charge in [-0.05, 0) is 44.4 Å². The van der Waals surface area contributed by atoms with Gasteiger partial charge in [-0.15, -0.1) is 22.7 Å². The lowest BCUT2D eigenvalue weighted by atomic mass is 10.1. The summed E-state index contributed by atoms with van der Waals surface area (Å²) in [5.41, 5.74) is 3.27. The normalized spacial score (nSPS) is 13.1. The number of carbonyl (C=O) groups excluding carboxylic acids is 1. The average Bonchev–Trinajstić information content (AvgIpc) is 3.28. The van der Waals surface area contributed by atoms with E-state index in [-0.39, 0.29) is 18.4 Å². The molecule has 3 rings (SSSR count). The number of nitrogens with zero attached hydrogens (tertiary/aromatic N) is 2. The number of anilines is 1. The van der Waals surface area contributed by atoms with Crippen molar-refractivity contribution in [1.29, 1.82) is 0 Å². The van der Waals surface area contributed by atoms with Crippen LogP contribution in [0.4, 0.5) is 5.69 Å². The summed E-state index contributed by atoms with van der Waals surface area (Å²) in [7, 11) is 0. The zero-order valence-corrected chi connectivity index (χ0v) is 19.4. The van der Waals surface area contributed by atoms with Crippen molar-refractivity contribution in [3.8, 4) is 0 Å². The summed E-state index contributed by atoms with van der Waals surface area (Å²) in [6.07, 6.45) is 1.62. The van der Waals surface area contributed by atoms with Gasteiger partial charge in [-0.2, -0.15) is 0 Å². The summed E-state index contributed by atoms with van der Waals surface area (Å²) in [4.78, 5) is 22.9. The highest BCUT2D eigenvalue weighted by atomic mass is 32.2. The molecule has 2 atom stereocenters. The predicted molar refractivity (Wildman–Crippen MR) is 120 cm³/mol. The molecular formula is C20H23N4O3S3-. The number of amides is 1. The van der Waals surface area contributed by atoms with Crippen molar-refractivity contribution < 1.29 is 13.6 Å². The first kappa shape index (κ1) is 22.5. The van der Waals surface area contributed by atoms with Gasteiger partial charge in [-0.25, -0.2) is 9.97 Å². The van der Waals surface area contributed by atoms with Crippen molar-refractivity contribution in [2.45, 2.75) is 46.1 Å². The van der Waals surface area contributed by atoms with Gasteiger partial charge in [0.2, 0.25) is 5.91 Å². The molecule has 0 saturated carbocycles. The molecule has 3 aromatic rings. The van der Waals surface area contributed by atoms with Gasteiger partial charge in [0.25, 0.3) is 0 Å². The maximum absolute atomic E-state index is 12.8. The number of rotatable bonds is 9. The molecule has 0 aliphatic heterocycles. The lowest BCUT2D eigenvalue weighted by Gasteiger charge is -2.17. The van der Waals surface area contributed by atoms with Crippen LogP contribution in [-0.4, -0.2) is 24.6 Å². The second kappa shape index (κ2) is 10.3. The second-order valence-corrected chi connectivity index (χ2v) is 9.77. The third-order valence-electron chi connectivity index (χ3n) is 4.49. The molecule has 0 saturated heterocycles. The van der Waals surface area contributed by atoms with E-state index in [0.717, 1.165) is 38.3 Å². The molecule has 1 amide bonds. The van der Waals surface area contributed by atoms with Crippen LogP contribution in [0.15, 0.2) is 29.6 Å². The molecule has 0 aliphatic rings. The molecule has 10 heteroatoms. The SMILES string of the molecule is CCc1csc([C@H](Cc2ccc(NS(=O)[O-])cc2)NC(=O)Cc2nc(C)sc2C)n1. The summed E-state index contributed by atoms with van der Waals surface area (Å²) in [5.74, 6) is -0.0957. The molecule has 160 valence electrons. The summed E-state index contributed by atoms with van der Waals surface area (Å²) < 4.78 is 23.9. The first-order valence-electron chi connectivity index (χ1n) is 9.45. The lowest BCUT2D eigenvalue weighted by Crippen LogP contribution is -2.31. The van der Waals surface area contributed by atoms with Crippen molar-refractivity contribution in [3.63, 3.8) is 0 Å². The Balaban J connectivity index is 1.75. The number of hydrogen-bond donors (Lipinski definition) is 2. The lowest BCUT2D eigenvalue weighted by molar-refractivity contribution is -0.121. The number of benzene rings is 1. The molecule has 0 bridgehead atoms. The molecule has 0 aliphatic carbocycles. The van der Waals surface area contributed by atoms with Crippen molar-refractivity contribution >= 4 is 45.5 Å². The summed E-state index contributed by atoms with van der Waals surface area (Å²) in [6.45, 7) is 5.96. The minimum Gasteiger partial charge on any atom is -0.755 e. The molecule has 2 aromatic heterocycles. The number of thiazole rings is 2. The monoisotopic (exact) mass is 463 g/mol. The first-order valence-corrected chi connectivity index (χ1v) is 12.2. The second-order valence-electron chi connectivity index (χ2n) is 6.80. The van der Waals surface area contributed by atoms with Crippen molar-refractivity contribution in [1.82, 2.24) is 15.3 Å². The quantitative estimate of drug-likeness (QED) is 0.471. The predicted octanol–water partition coefficient (Wildman–Crippen LogP) is 3.63. The third-order valence-corrected chi connectivity index (χ3v) is 6.83. The van der Waals surface area contributed by atoms with Gasteiger partial charge in [0.15, 0.2) is 0 Å². The molecule has 2 N–H and O–H groups in total. The molecule has 0 fully saturated rings. The summed E-state index contributed by atoms with van der Waals surface area (Å²) in [6, 6.07) is 6.82. The number of carbonyl (C=O) groups is 1. The van der Waals surface area contributed by atoms with Gasteiger partial charge in [0, 0.05) is 27.2 Å². The first-order chi connectivity index (χ1) is 14.3. The molecule has 1 unspecified atom stereocenters. The fourth-order valence-corrected chi connectivity index (χ4v) is 5.14. The zero-order valence-electron chi connectivity index (χ0n) is 16.9. The van der Waals surface area contributed by atoms with E-state index >= 15 is 0 Å². The molecule has 30 heavy (non-hydrogen) atoms. The van der Waals surface area contributed by atoms with E-state index < -0.39 is 11.3 Å². The van der Waals surface area contributed by atoms with Gasteiger partial charge in [-0.3, -0.25) is 9.00 Å². The standard InChI is InChI=1S/C20H24N4O3S3/c1-4-15-11-28-20(22-15)18(9-14-5-7-16(8-6-14)24-30(26)27)23-19(25)10-17-12(2)29-13(3)21-17/h5-8,11,18,24H,4,9-10H2,1-3H3,(H,23,25)(H,26,27)/p-1/t18-/m0/s1. The fraction of sp³-hybridized carbons (Fsp3) is 0.350. The maximum atomic E-state index is 12.8. The van der Waals surface area contributed by atoms with Crippen LogP contribution in [0.3, 0.4) is 0 Å². The van der Waals surface area contributed by atoms with Crippen molar-refractivity contribution in [2.75, 3.05) is 4.72 Å². The summed E-state index contributed by atoms with van der Waals surface area (Å²) in [5, 5.41) is 6.93. The van der Waals surface area contributed by atoms with E-state index in [1.54, 1.807) is 23.5 Å². The Bertz CT molecular complexity index is 1030. The highest BCUT2D eigenvalue weighted by Crippen LogP contribution is 2.24. The van der Waals surface area contributed by atoms with Crippen LogP contribution in [0.2, 0.25) is 0 Å². The fourth-order valence-electron chi connectivity index (χ4n) is 3.02. The number of aromatic nitrogens is 2. The molecular weight excluding hydrogens is 440 g/mol. The van der Waals surface area contributed by atoms with Crippen LogP contribution < -0.4 is 10.0 Å². The van der Waals surface area contributed by atoms with Gasteiger partial charge >= 0.3 is 0 Å². The Hall–Kier alpha value is -2.14. The van der Waals surface area contributed by atoms with Gasteiger partial charge in [-0.1, -0.05) is 19.1 Å². The Morgan fingerprint density at radius 3 is 2.53 bits per heavy atom. The van der Waals surface area contributed by atoms with Crippen LogP contribution >= 0.6 is 22.7 Å². The number of aryl methyl sites for hydroxylation is 3. The van der Waals surface area contributed by atoms with Gasteiger partial charge < -0.3 is 14.6 Å². The molecule has 0 spiro atoms. The largest absolute Gasteiger partial charge is 0.755 e. The van der Waals surface area contributed by atoms with Crippen LogP contribution in [0.5, 0.6) is 0 Å². The van der Waals surface area contributed by atoms with Crippen LogP contribution in [-0.2, 0) is 35.3 Å². The maximum Gasteiger partial charge on any atom is 0.226 e. The Labute approximate surface area is 186 Å². The third kappa shape index (κ3) is 6.18. The molecule has 7 nitrogen and oxygen atoms in total. The molecule has 0 radical (unpaired) electrons. The van der Waals surface area contributed by atoms with E-state index in [2.05, 4.69) is 20.0 Å². The minimum atomic E-state index is -2.36. The topological polar surface area (TPSA) is 107 Å². The van der Waals surface area contributed by atoms with Gasteiger partial charge in [0.05, 0.1) is 28.9 Å². The minimum absolute atomic E-state index is 0.0957. The number of nitrogens with one attached hydrogen (secondary N) is 2. The zero-order chi connectivity index (χ0) is 21.7. The van der Waals surface area contributed by atoms with E-state index in [1.165, 1.54) is 11.3 Å². The van der Waals surface area contributed by atoms with Crippen molar-refractivity contribution in [3.05, 3.63) is 61.5 Å². The van der Waals surface area contributed by atoms with E-state index in [9.17, 15) is 13.6 Å². The highest BCUT2D eigenvalue weighted by Gasteiger charge is 2.20. The highest BCUT2D eigenvalue weighted by molar-refractivity contribution is 7.80. The smallest absolute Gasteiger partial charge is 0.226 e. The van der Waals surface area contributed by atoms with E-state index in [1.807, 2.05) is 38.3 Å². The van der Waals surface area contributed by atoms with Crippen LogP contribution in [0.25, 0.3) is 0 Å². The van der Waals surface area contributed by atoms with Crippen LogP contribution in [0.1, 0.15) is 44.8 Å². The Kier molecular flexibility index (Phi) is 7.70. The van der Waals surface area contributed by atoms with E-state index in [4.69, 9.17) is 0 Å². The van der Waals surface area contributed by atoms with Gasteiger partial charge in [0.1, 0.15) is 5.01 Å². The average molecular weight is 464 g/mol. The van der Waals surface area contributed by atoms with Crippen LogP contribution in [0, 0.1) is 13.8 Å². The Morgan fingerprint density at radius 2 is 1.97 bits per heavy atom. The number of hydrogen-bond acceptors (Lipinski definition) is 7. The Morgan fingerprint density at radius 1 is 1.23 bits per heavy atom.